The first-order chi connectivity index (χ1) is 10.7. The molecule has 0 unspecified atom stereocenters. The second-order valence-electron chi connectivity index (χ2n) is 5.72. The minimum Gasteiger partial charge on any atom is -0.376 e. The van der Waals surface area contributed by atoms with Gasteiger partial charge in [-0.1, -0.05) is 11.6 Å². The lowest BCUT2D eigenvalue weighted by molar-refractivity contribution is 0.102. The Bertz CT molecular complexity index is 825. The Morgan fingerprint density at radius 2 is 1.87 bits per heavy atom. The van der Waals surface area contributed by atoms with Crippen molar-refractivity contribution < 1.29 is 4.79 Å². The molecule has 1 N–H and O–H groups in total. The molecule has 0 spiro atoms. The largest absolute Gasteiger partial charge is 0.376 e. The first-order valence-electron chi connectivity index (χ1n) is 7.18. The molecule has 0 atom stereocenters. The Hall–Kier alpha value is -2.27. The average molecular weight is 334 g/mol. The number of amides is 1. The lowest BCUT2D eigenvalue weighted by atomic mass is 10.1. The maximum Gasteiger partial charge on any atom is 0.263 e. The molecule has 0 bridgehead atoms. The van der Waals surface area contributed by atoms with Gasteiger partial charge in [0.05, 0.1) is 11.4 Å². The van der Waals surface area contributed by atoms with Crippen molar-refractivity contribution in [3.63, 3.8) is 0 Å². The number of pyridine rings is 1. The number of halogens is 1. The molecule has 2 rings (SSSR count). The van der Waals surface area contributed by atoms with E-state index >= 15 is 0 Å². The third-order valence-corrected chi connectivity index (χ3v) is 4.02. The molecule has 5 nitrogen and oxygen atoms in total. The van der Waals surface area contributed by atoms with Gasteiger partial charge >= 0.3 is 0 Å². The predicted molar refractivity (Wildman–Crippen MR) is 94.9 cm³/mol. The zero-order valence-corrected chi connectivity index (χ0v) is 14.7. The highest BCUT2D eigenvalue weighted by Gasteiger charge is 2.18. The Morgan fingerprint density at radius 3 is 2.48 bits per heavy atom. The fraction of sp³-hybridized carbons (Fsp3) is 0.294. The van der Waals surface area contributed by atoms with E-state index in [1.54, 1.807) is 26.1 Å². The van der Waals surface area contributed by atoms with Crippen LogP contribution in [0, 0.1) is 13.8 Å². The van der Waals surface area contributed by atoms with Crippen molar-refractivity contribution in [1.82, 2.24) is 4.57 Å². The number of nitrogens with zero attached hydrogens (tertiary/aromatic N) is 2. The van der Waals surface area contributed by atoms with E-state index in [2.05, 4.69) is 5.32 Å². The van der Waals surface area contributed by atoms with Crippen LogP contribution in [-0.2, 0) is 7.05 Å². The zero-order valence-electron chi connectivity index (χ0n) is 13.9. The number of aryl methyl sites for hydroxylation is 2. The summed E-state index contributed by atoms with van der Waals surface area (Å²) in [6.07, 6.45) is 0. The molecule has 1 aromatic heterocycles. The van der Waals surface area contributed by atoms with Crippen LogP contribution in [0.4, 0.5) is 11.4 Å². The molecular weight excluding hydrogens is 314 g/mol. The number of carbonyl (C=O) groups excluding carboxylic acids is 1. The van der Waals surface area contributed by atoms with E-state index in [1.807, 2.05) is 38.1 Å². The van der Waals surface area contributed by atoms with Gasteiger partial charge in [0.25, 0.3) is 11.5 Å². The van der Waals surface area contributed by atoms with Crippen LogP contribution in [0.25, 0.3) is 0 Å². The van der Waals surface area contributed by atoms with Crippen LogP contribution in [0.1, 0.15) is 21.6 Å². The van der Waals surface area contributed by atoms with Gasteiger partial charge in [-0.15, -0.1) is 0 Å². The van der Waals surface area contributed by atoms with Gasteiger partial charge in [-0.25, -0.2) is 0 Å². The molecule has 2 aromatic rings. The molecule has 0 aliphatic heterocycles. The number of anilines is 2. The Morgan fingerprint density at radius 1 is 1.22 bits per heavy atom. The summed E-state index contributed by atoms with van der Waals surface area (Å²) in [5.41, 5.74) is 2.66. The summed E-state index contributed by atoms with van der Waals surface area (Å²) in [6.45, 7) is 3.59. The number of hydrogen-bond acceptors (Lipinski definition) is 3. The number of aromatic nitrogens is 1. The summed E-state index contributed by atoms with van der Waals surface area (Å²) in [5, 5.41) is 3.31. The van der Waals surface area contributed by atoms with E-state index < -0.39 is 5.91 Å². The highest BCUT2D eigenvalue weighted by atomic mass is 35.5. The molecule has 0 aliphatic rings. The molecule has 0 aliphatic carbocycles. The molecule has 0 fully saturated rings. The average Bonchev–Trinajstić information content (AvgIpc) is 2.44. The van der Waals surface area contributed by atoms with Crippen molar-refractivity contribution in [2.45, 2.75) is 13.8 Å². The normalized spacial score (nSPS) is 10.5. The van der Waals surface area contributed by atoms with Crippen molar-refractivity contribution in [3.05, 3.63) is 56.5 Å². The molecule has 0 saturated heterocycles. The van der Waals surface area contributed by atoms with Crippen LogP contribution in [0.5, 0.6) is 0 Å². The van der Waals surface area contributed by atoms with E-state index in [-0.39, 0.29) is 11.1 Å². The van der Waals surface area contributed by atoms with Crippen LogP contribution in [0.3, 0.4) is 0 Å². The number of nitrogens with one attached hydrogen (secondary N) is 1. The van der Waals surface area contributed by atoms with Crippen LogP contribution in [-0.4, -0.2) is 24.6 Å². The van der Waals surface area contributed by atoms with Gasteiger partial charge in [0.15, 0.2) is 0 Å². The summed E-state index contributed by atoms with van der Waals surface area (Å²) in [7, 11) is 5.39. The second kappa shape index (κ2) is 6.46. The van der Waals surface area contributed by atoms with Crippen molar-refractivity contribution in [3.8, 4) is 0 Å². The Labute approximate surface area is 140 Å². The molecule has 0 saturated carbocycles. The van der Waals surface area contributed by atoms with Gasteiger partial charge in [-0.05, 0) is 43.7 Å². The third-order valence-electron chi connectivity index (χ3n) is 3.78. The first-order valence-corrected chi connectivity index (χ1v) is 7.55. The summed E-state index contributed by atoms with van der Waals surface area (Å²) in [6, 6.07) is 7.06. The van der Waals surface area contributed by atoms with Crippen molar-refractivity contribution in [2.24, 2.45) is 7.05 Å². The van der Waals surface area contributed by atoms with Gasteiger partial charge < -0.3 is 14.8 Å². The van der Waals surface area contributed by atoms with Gasteiger partial charge in [0.1, 0.15) is 5.56 Å². The molecule has 6 heteroatoms. The minimum atomic E-state index is -0.437. The minimum absolute atomic E-state index is 0.141. The maximum atomic E-state index is 12.6. The molecule has 1 amide bonds. The van der Waals surface area contributed by atoms with E-state index in [0.29, 0.717) is 16.3 Å². The summed E-state index contributed by atoms with van der Waals surface area (Å²) < 4.78 is 1.47. The number of hydrogen-bond donors (Lipinski definition) is 1. The maximum absolute atomic E-state index is 12.6. The molecule has 122 valence electrons. The standard InChI is InChI=1S/C17H20ClN3O2/c1-10-8-11(2)21(5)17(23)15(10)16(22)19-13-9-12(18)6-7-14(13)20(3)4/h6-9H,1-5H3,(H,19,22). The summed E-state index contributed by atoms with van der Waals surface area (Å²) in [5.74, 6) is -0.437. The van der Waals surface area contributed by atoms with E-state index in [4.69, 9.17) is 11.6 Å². The van der Waals surface area contributed by atoms with Crippen LogP contribution in [0.2, 0.25) is 5.02 Å². The van der Waals surface area contributed by atoms with Crippen LogP contribution in [0.15, 0.2) is 29.1 Å². The highest BCUT2D eigenvalue weighted by Crippen LogP contribution is 2.28. The number of carbonyl (C=O) groups is 1. The topological polar surface area (TPSA) is 54.3 Å². The van der Waals surface area contributed by atoms with Gasteiger partial charge in [-0.3, -0.25) is 9.59 Å². The highest BCUT2D eigenvalue weighted by molar-refractivity contribution is 6.31. The van der Waals surface area contributed by atoms with Gasteiger partial charge in [0, 0.05) is 31.9 Å². The fourth-order valence-corrected chi connectivity index (χ4v) is 2.61. The quantitative estimate of drug-likeness (QED) is 0.939. The van der Waals surface area contributed by atoms with Gasteiger partial charge in [0.2, 0.25) is 0 Å². The summed E-state index contributed by atoms with van der Waals surface area (Å²) >= 11 is 6.02. The van der Waals surface area contributed by atoms with Crippen molar-refractivity contribution >= 4 is 28.9 Å². The van der Waals surface area contributed by atoms with E-state index in [9.17, 15) is 9.59 Å². The molecule has 23 heavy (non-hydrogen) atoms. The zero-order chi connectivity index (χ0) is 17.3. The third kappa shape index (κ3) is 3.40. The second-order valence-corrected chi connectivity index (χ2v) is 6.15. The van der Waals surface area contributed by atoms with E-state index in [1.165, 1.54) is 4.57 Å². The fourth-order valence-electron chi connectivity index (χ4n) is 2.44. The van der Waals surface area contributed by atoms with Gasteiger partial charge in [-0.2, -0.15) is 0 Å². The molecule has 0 radical (unpaired) electrons. The van der Waals surface area contributed by atoms with Crippen molar-refractivity contribution in [2.75, 3.05) is 24.3 Å². The number of benzene rings is 1. The summed E-state index contributed by atoms with van der Waals surface area (Å²) in [4.78, 5) is 26.9. The monoisotopic (exact) mass is 333 g/mol. The lowest BCUT2D eigenvalue weighted by Gasteiger charge is -2.18. The van der Waals surface area contributed by atoms with Crippen LogP contribution >= 0.6 is 11.6 Å². The number of rotatable bonds is 3. The smallest absolute Gasteiger partial charge is 0.263 e. The lowest BCUT2D eigenvalue weighted by Crippen LogP contribution is -2.30. The molecule has 1 heterocycles. The molecular formula is C17H20ClN3O2. The first kappa shape index (κ1) is 17.1. The van der Waals surface area contributed by atoms with Crippen LogP contribution < -0.4 is 15.8 Å². The van der Waals surface area contributed by atoms with E-state index in [0.717, 1.165) is 11.4 Å². The Balaban J connectivity index is 2.47. The Kier molecular flexibility index (Phi) is 4.80. The van der Waals surface area contributed by atoms with Crippen molar-refractivity contribution in [1.29, 1.82) is 0 Å². The predicted octanol–water partition coefficient (Wildman–Crippen LogP) is 2.97. The molecule has 1 aromatic carbocycles. The SMILES string of the molecule is Cc1cc(C)n(C)c(=O)c1C(=O)Nc1cc(Cl)ccc1N(C)C.